The Morgan fingerprint density at radius 1 is 1.11 bits per heavy atom. The number of nitrogens with one attached hydrogen (secondary N) is 1. The maximum absolute atomic E-state index is 13.1. The fourth-order valence-electron chi connectivity index (χ4n) is 3.35. The van der Waals surface area contributed by atoms with Crippen molar-refractivity contribution < 1.29 is 4.79 Å². The van der Waals surface area contributed by atoms with Gasteiger partial charge in [-0.2, -0.15) is 5.10 Å². The average Bonchev–Trinajstić information content (AvgIpc) is 2.98. The van der Waals surface area contributed by atoms with Crippen molar-refractivity contribution in [3.8, 4) is 5.69 Å². The molecule has 0 aliphatic carbocycles. The second-order valence-corrected chi connectivity index (χ2v) is 9.35. The van der Waals surface area contributed by atoms with Crippen LogP contribution in [-0.4, -0.2) is 21.3 Å². The van der Waals surface area contributed by atoms with Crippen LogP contribution in [0.2, 0.25) is 5.02 Å². The summed E-state index contributed by atoms with van der Waals surface area (Å²) in [5.41, 5.74) is 3.12. The Kier molecular flexibility index (Phi) is 4.98. The van der Waals surface area contributed by atoms with E-state index in [1.165, 1.54) is 0 Å². The van der Waals surface area contributed by atoms with Crippen LogP contribution in [-0.2, 0) is 5.41 Å². The number of carbonyl (C=O) groups is 1. The molecule has 2 heterocycles. The fourth-order valence-corrected chi connectivity index (χ4v) is 4.70. The molecule has 1 aliphatic rings. The van der Waals surface area contributed by atoms with Crippen LogP contribution in [0, 0.1) is 0 Å². The first-order valence-corrected chi connectivity index (χ1v) is 10.6. The molecule has 0 spiro atoms. The van der Waals surface area contributed by atoms with Crippen molar-refractivity contribution in [1.82, 2.24) is 9.78 Å². The normalized spacial score (nSPS) is 17.0. The lowest BCUT2D eigenvalue weighted by molar-refractivity contribution is 0.102. The highest BCUT2D eigenvalue weighted by atomic mass is 35.5. The first-order chi connectivity index (χ1) is 13.4. The molecule has 1 N–H and O–H groups in total. The van der Waals surface area contributed by atoms with Gasteiger partial charge in [-0.3, -0.25) is 4.79 Å². The minimum Gasteiger partial charge on any atom is -0.353 e. The van der Waals surface area contributed by atoms with E-state index >= 15 is 0 Å². The van der Waals surface area contributed by atoms with Crippen LogP contribution in [0.1, 0.15) is 47.8 Å². The third-order valence-corrected chi connectivity index (χ3v) is 6.19. The molecule has 1 unspecified atom stereocenters. The second-order valence-electron chi connectivity index (χ2n) is 7.85. The van der Waals surface area contributed by atoms with E-state index in [-0.39, 0.29) is 16.6 Å². The van der Waals surface area contributed by atoms with E-state index < -0.39 is 0 Å². The first kappa shape index (κ1) is 19.1. The molecular formula is C22H22ClN3OS. The number of halogens is 1. The van der Waals surface area contributed by atoms with Gasteiger partial charge in [-0.1, -0.05) is 68.8 Å². The van der Waals surface area contributed by atoms with Crippen molar-refractivity contribution in [2.75, 3.05) is 11.1 Å². The maximum atomic E-state index is 13.1. The van der Waals surface area contributed by atoms with Crippen LogP contribution in [0.15, 0.2) is 54.6 Å². The van der Waals surface area contributed by atoms with Gasteiger partial charge in [0.2, 0.25) is 0 Å². The number of ketones is 1. The molecule has 6 heteroatoms. The van der Waals surface area contributed by atoms with Crippen LogP contribution in [0.5, 0.6) is 0 Å². The minimum atomic E-state index is -0.254. The van der Waals surface area contributed by atoms with Gasteiger partial charge in [0.25, 0.3) is 0 Å². The minimum absolute atomic E-state index is 0.0918. The molecular weight excluding hydrogens is 390 g/mol. The SMILES string of the molecule is CC(C)(C)c1nn(-c2ccccc2)c2c1C(=O)CSC(c1ccccc1Cl)N2. The highest BCUT2D eigenvalue weighted by Crippen LogP contribution is 2.42. The van der Waals surface area contributed by atoms with Gasteiger partial charge in [-0.25, -0.2) is 4.68 Å². The van der Waals surface area contributed by atoms with E-state index in [1.807, 2.05) is 59.3 Å². The Hall–Kier alpha value is -2.24. The van der Waals surface area contributed by atoms with Crippen LogP contribution < -0.4 is 5.32 Å². The Morgan fingerprint density at radius 3 is 2.46 bits per heavy atom. The molecule has 0 fully saturated rings. The Bertz CT molecular complexity index is 1020. The topological polar surface area (TPSA) is 46.9 Å². The van der Waals surface area contributed by atoms with Crippen LogP contribution in [0.25, 0.3) is 5.69 Å². The predicted molar refractivity (Wildman–Crippen MR) is 117 cm³/mol. The van der Waals surface area contributed by atoms with Gasteiger partial charge < -0.3 is 5.32 Å². The maximum Gasteiger partial charge on any atom is 0.178 e. The number of para-hydroxylation sites is 1. The zero-order chi connectivity index (χ0) is 19.9. The Labute approximate surface area is 174 Å². The van der Waals surface area contributed by atoms with Crippen molar-refractivity contribution in [2.24, 2.45) is 0 Å². The number of fused-ring (bicyclic) bond motifs is 1. The summed E-state index contributed by atoms with van der Waals surface area (Å²) in [7, 11) is 0. The van der Waals surface area contributed by atoms with Crippen molar-refractivity contribution >= 4 is 35.0 Å². The van der Waals surface area contributed by atoms with Gasteiger partial charge in [0.1, 0.15) is 11.2 Å². The third-order valence-electron chi connectivity index (χ3n) is 4.71. The van der Waals surface area contributed by atoms with Crippen LogP contribution in [0.3, 0.4) is 0 Å². The van der Waals surface area contributed by atoms with Gasteiger partial charge in [0, 0.05) is 16.0 Å². The number of rotatable bonds is 2. The lowest BCUT2D eigenvalue weighted by Crippen LogP contribution is -2.17. The number of nitrogens with zero attached hydrogens (tertiary/aromatic N) is 2. The highest BCUT2D eigenvalue weighted by Gasteiger charge is 2.35. The molecule has 0 saturated heterocycles. The standard InChI is InChI=1S/C22H22ClN3OS/c1-22(2,3)19-18-17(27)13-28-21(15-11-7-8-12-16(15)23)24-20(18)26(25-19)14-9-5-4-6-10-14/h4-12,21,24H,13H2,1-3H3. The number of benzene rings is 2. The summed E-state index contributed by atoms with van der Waals surface area (Å²) in [5.74, 6) is 1.20. The Balaban J connectivity index is 1.91. The van der Waals surface area contributed by atoms with Gasteiger partial charge >= 0.3 is 0 Å². The molecule has 1 atom stereocenters. The van der Waals surface area contributed by atoms with E-state index in [4.69, 9.17) is 16.7 Å². The van der Waals surface area contributed by atoms with Crippen molar-refractivity contribution in [1.29, 1.82) is 0 Å². The largest absolute Gasteiger partial charge is 0.353 e. The zero-order valence-corrected chi connectivity index (χ0v) is 17.6. The summed E-state index contributed by atoms with van der Waals surface area (Å²) in [4.78, 5) is 13.1. The van der Waals surface area contributed by atoms with Gasteiger partial charge in [-0.15, -0.1) is 11.8 Å². The summed E-state index contributed by atoms with van der Waals surface area (Å²) >= 11 is 8.01. The molecule has 144 valence electrons. The van der Waals surface area contributed by atoms with Gasteiger partial charge in [0.05, 0.1) is 22.7 Å². The van der Waals surface area contributed by atoms with Gasteiger partial charge in [-0.05, 0) is 18.2 Å². The smallest absolute Gasteiger partial charge is 0.178 e. The van der Waals surface area contributed by atoms with Crippen LogP contribution >= 0.6 is 23.4 Å². The predicted octanol–water partition coefficient (Wildman–Crippen LogP) is 5.86. The number of hydrogen-bond acceptors (Lipinski definition) is 4. The van der Waals surface area contributed by atoms with Crippen molar-refractivity contribution in [3.63, 3.8) is 0 Å². The number of carbonyl (C=O) groups excluding carboxylic acids is 1. The van der Waals surface area contributed by atoms with Gasteiger partial charge in [0.15, 0.2) is 5.78 Å². The average molecular weight is 412 g/mol. The summed E-state index contributed by atoms with van der Waals surface area (Å²) < 4.78 is 1.85. The summed E-state index contributed by atoms with van der Waals surface area (Å²) in [5, 5.41) is 8.98. The first-order valence-electron chi connectivity index (χ1n) is 9.21. The number of thioether (sulfide) groups is 1. The second kappa shape index (κ2) is 7.30. The molecule has 4 nitrogen and oxygen atoms in total. The molecule has 4 rings (SSSR count). The quantitative estimate of drug-likeness (QED) is 0.573. The van der Waals surface area contributed by atoms with E-state index in [0.29, 0.717) is 16.3 Å². The summed E-state index contributed by atoms with van der Waals surface area (Å²) in [6.07, 6.45) is 0. The van der Waals surface area contributed by atoms with E-state index in [9.17, 15) is 4.79 Å². The number of Topliss-reactive ketones (excluding diaryl/α,β-unsaturated/α-hetero) is 1. The molecule has 1 aliphatic heterocycles. The lowest BCUT2D eigenvalue weighted by atomic mass is 9.88. The fraction of sp³-hybridized carbons (Fsp3) is 0.273. The van der Waals surface area contributed by atoms with E-state index in [1.54, 1.807) is 11.8 Å². The number of hydrogen-bond donors (Lipinski definition) is 1. The van der Waals surface area contributed by atoms with Crippen molar-refractivity contribution in [2.45, 2.75) is 31.6 Å². The monoisotopic (exact) mass is 411 g/mol. The molecule has 0 bridgehead atoms. The molecule has 0 radical (unpaired) electrons. The van der Waals surface area contributed by atoms with Crippen molar-refractivity contribution in [3.05, 3.63) is 76.4 Å². The zero-order valence-electron chi connectivity index (χ0n) is 16.1. The summed E-state index contributed by atoms with van der Waals surface area (Å²) in [6, 6.07) is 17.7. The molecule has 2 aromatic carbocycles. The van der Waals surface area contributed by atoms with Crippen LogP contribution in [0.4, 0.5) is 5.82 Å². The highest BCUT2D eigenvalue weighted by molar-refractivity contribution is 8.00. The lowest BCUT2D eigenvalue weighted by Gasteiger charge is -2.19. The molecule has 0 amide bonds. The summed E-state index contributed by atoms with van der Waals surface area (Å²) in [6.45, 7) is 6.26. The molecule has 1 aromatic heterocycles. The molecule has 28 heavy (non-hydrogen) atoms. The van der Waals surface area contributed by atoms with E-state index in [2.05, 4.69) is 26.1 Å². The molecule has 3 aromatic rings. The number of anilines is 1. The third kappa shape index (κ3) is 3.45. The molecule has 0 saturated carbocycles. The Morgan fingerprint density at radius 2 is 1.79 bits per heavy atom. The van der Waals surface area contributed by atoms with E-state index in [0.717, 1.165) is 22.8 Å². The number of aromatic nitrogens is 2.